The summed E-state index contributed by atoms with van der Waals surface area (Å²) < 4.78 is 5.12. The molecule has 0 aliphatic heterocycles. The molecule has 2 aliphatic carbocycles. The molecule has 2 fully saturated rings. The fourth-order valence-electron chi connectivity index (χ4n) is 2.30. The molecule has 0 heterocycles. The summed E-state index contributed by atoms with van der Waals surface area (Å²) in [4.78, 5) is 11.3. The van der Waals surface area contributed by atoms with Gasteiger partial charge in [0, 0.05) is 11.8 Å². The summed E-state index contributed by atoms with van der Waals surface area (Å²) in [6.45, 7) is 5.58. The standard InChI is InChI=1S/C13H18O2/c1-13(2,3)15-12(14)5-4-9-6-10-8-11(10)7-9/h9-11H,6-8H2,1-3H3. The van der Waals surface area contributed by atoms with Crippen molar-refractivity contribution in [1.82, 2.24) is 0 Å². The maximum atomic E-state index is 11.3. The topological polar surface area (TPSA) is 26.3 Å². The zero-order chi connectivity index (χ0) is 11.1. The van der Waals surface area contributed by atoms with E-state index in [0.29, 0.717) is 5.92 Å². The van der Waals surface area contributed by atoms with Crippen molar-refractivity contribution in [2.45, 2.75) is 45.6 Å². The molecule has 0 aromatic rings. The predicted octanol–water partition coefficient (Wildman–Crippen LogP) is 2.38. The van der Waals surface area contributed by atoms with Crippen molar-refractivity contribution in [3.63, 3.8) is 0 Å². The molecule has 2 atom stereocenters. The summed E-state index contributed by atoms with van der Waals surface area (Å²) in [7, 11) is 0. The fourth-order valence-corrected chi connectivity index (χ4v) is 2.30. The number of hydrogen-bond acceptors (Lipinski definition) is 2. The third kappa shape index (κ3) is 2.99. The van der Waals surface area contributed by atoms with E-state index in [4.69, 9.17) is 4.74 Å². The van der Waals surface area contributed by atoms with Crippen LogP contribution in [0.3, 0.4) is 0 Å². The van der Waals surface area contributed by atoms with Gasteiger partial charge in [-0.25, -0.2) is 4.79 Å². The minimum Gasteiger partial charge on any atom is -0.450 e. The van der Waals surface area contributed by atoms with Crippen LogP contribution < -0.4 is 0 Å². The maximum absolute atomic E-state index is 11.3. The van der Waals surface area contributed by atoms with Crippen LogP contribution in [0.25, 0.3) is 0 Å². The van der Waals surface area contributed by atoms with Gasteiger partial charge < -0.3 is 4.74 Å². The van der Waals surface area contributed by atoms with Crippen LogP contribution in [0.15, 0.2) is 0 Å². The second-order valence-electron chi connectivity index (χ2n) is 5.70. The molecule has 0 radical (unpaired) electrons. The molecule has 0 aromatic carbocycles. The van der Waals surface area contributed by atoms with Crippen molar-refractivity contribution in [1.29, 1.82) is 0 Å². The van der Waals surface area contributed by atoms with Crippen LogP contribution in [0.2, 0.25) is 0 Å². The molecule has 2 heteroatoms. The van der Waals surface area contributed by atoms with E-state index < -0.39 is 5.60 Å². The van der Waals surface area contributed by atoms with Crippen molar-refractivity contribution < 1.29 is 9.53 Å². The number of hydrogen-bond donors (Lipinski definition) is 0. The molecular weight excluding hydrogens is 188 g/mol. The predicted molar refractivity (Wildman–Crippen MR) is 57.9 cm³/mol. The summed E-state index contributed by atoms with van der Waals surface area (Å²) in [6, 6.07) is 0. The molecule has 0 spiro atoms. The second kappa shape index (κ2) is 3.56. The molecule has 2 saturated carbocycles. The largest absolute Gasteiger partial charge is 0.450 e. The van der Waals surface area contributed by atoms with Gasteiger partial charge in [0.25, 0.3) is 0 Å². The first-order valence-corrected chi connectivity index (χ1v) is 5.68. The highest BCUT2D eigenvalue weighted by Gasteiger charge is 2.45. The summed E-state index contributed by atoms with van der Waals surface area (Å²) in [6.07, 6.45) is 3.78. The number of carbonyl (C=O) groups excluding carboxylic acids is 1. The number of rotatable bonds is 0. The first-order valence-electron chi connectivity index (χ1n) is 5.68. The highest BCUT2D eigenvalue weighted by Crippen LogP contribution is 2.54. The first kappa shape index (κ1) is 10.5. The van der Waals surface area contributed by atoms with E-state index in [-0.39, 0.29) is 5.97 Å². The quantitative estimate of drug-likeness (QED) is 0.345. The Hall–Kier alpha value is -0.970. The smallest absolute Gasteiger partial charge is 0.384 e. The number of esters is 1. The number of fused-ring (bicyclic) bond motifs is 1. The van der Waals surface area contributed by atoms with Gasteiger partial charge in [-0.3, -0.25) is 0 Å². The lowest BCUT2D eigenvalue weighted by molar-refractivity contribution is -0.147. The normalized spacial score (nSPS) is 32.6. The van der Waals surface area contributed by atoms with E-state index in [2.05, 4.69) is 11.8 Å². The van der Waals surface area contributed by atoms with Crippen LogP contribution in [0.4, 0.5) is 0 Å². The Morgan fingerprint density at radius 1 is 1.20 bits per heavy atom. The molecule has 2 nitrogen and oxygen atoms in total. The zero-order valence-corrected chi connectivity index (χ0v) is 9.67. The lowest BCUT2D eigenvalue weighted by Gasteiger charge is -2.17. The Balaban J connectivity index is 1.81. The van der Waals surface area contributed by atoms with Gasteiger partial charge in [-0.2, -0.15) is 0 Å². The van der Waals surface area contributed by atoms with Crippen LogP contribution >= 0.6 is 0 Å². The van der Waals surface area contributed by atoms with Gasteiger partial charge in [0.1, 0.15) is 5.60 Å². The molecule has 0 bridgehead atoms. The minimum absolute atomic E-state index is 0.386. The van der Waals surface area contributed by atoms with Gasteiger partial charge >= 0.3 is 5.97 Å². The van der Waals surface area contributed by atoms with E-state index in [1.54, 1.807) is 0 Å². The molecule has 0 N–H and O–H groups in total. The van der Waals surface area contributed by atoms with Gasteiger partial charge in [-0.15, -0.1) is 0 Å². The lowest BCUT2D eigenvalue weighted by atomic mass is 10.0. The third-order valence-corrected chi connectivity index (χ3v) is 3.02. The maximum Gasteiger partial charge on any atom is 0.384 e. The lowest BCUT2D eigenvalue weighted by Crippen LogP contribution is -2.22. The molecule has 2 unspecified atom stereocenters. The average Bonchev–Trinajstić information content (AvgIpc) is 2.68. The third-order valence-electron chi connectivity index (χ3n) is 3.02. The summed E-state index contributed by atoms with van der Waals surface area (Å²) in [5.74, 6) is 7.55. The molecule has 0 amide bonds. The van der Waals surface area contributed by atoms with Gasteiger partial charge in [0.15, 0.2) is 0 Å². The van der Waals surface area contributed by atoms with E-state index in [9.17, 15) is 4.79 Å². The van der Waals surface area contributed by atoms with Gasteiger partial charge in [0.2, 0.25) is 0 Å². The van der Waals surface area contributed by atoms with Crippen molar-refractivity contribution in [3.8, 4) is 11.8 Å². The minimum atomic E-state index is -0.427. The molecule has 2 aliphatic rings. The molecule has 0 saturated heterocycles. The van der Waals surface area contributed by atoms with E-state index in [0.717, 1.165) is 11.8 Å². The monoisotopic (exact) mass is 206 g/mol. The average molecular weight is 206 g/mol. The van der Waals surface area contributed by atoms with Crippen molar-refractivity contribution >= 4 is 5.97 Å². The highest BCUT2D eigenvalue weighted by molar-refractivity contribution is 5.88. The van der Waals surface area contributed by atoms with Crippen LogP contribution in [0, 0.1) is 29.6 Å². The van der Waals surface area contributed by atoms with Crippen LogP contribution in [-0.2, 0) is 9.53 Å². The van der Waals surface area contributed by atoms with Gasteiger partial charge in [0.05, 0.1) is 0 Å². The van der Waals surface area contributed by atoms with Crippen LogP contribution in [-0.4, -0.2) is 11.6 Å². The van der Waals surface area contributed by atoms with Crippen LogP contribution in [0.1, 0.15) is 40.0 Å². The Morgan fingerprint density at radius 2 is 1.80 bits per heavy atom. The molecule has 82 valence electrons. The van der Waals surface area contributed by atoms with Crippen molar-refractivity contribution in [2.75, 3.05) is 0 Å². The number of carbonyl (C=O) groups is 1. The Labute approximate surface area is 91.4 Å². The van der Waals surface area contributed by atoms with Crippen molar-refractivity contribution in [2.24, 2.45) is 17.8 Å². The Morgan fingerprint density at radius 3 is 2.33 bits per heavy atom. The van der Waals surface area contributed by atoms with E-state index in [1.807, 2.05) is 20.8 Å². The molecule has 15 heavy (non-hydrogen) atoms. The van der Waals surface area contributed by atoms with E-state index >= 15 is 0 Å². The first-order chi connectivity index (χ1) is 6.94. The summed E-state index contributed by atoms with van der Waals surface area (Å²) >= 11 is 0. The molecule has 2 rings (SSSR count). The highest BCUT2D eigenvalue weighted by atomic mass is 16.6. The molecular formula is C13H18O2. The van der Waals surface area contributed by atoms with Crippen LogP contribution in [0.5, 0.6) is 0 Å². The second-order valence-corrected chi connectivity index (χ2v) is 5.70. The SMILES string of the molecule is CC(C)(C)OC(=O)C#CC1CC2CC2C1. The fraction of sp³-hybridized carbons (Fsp3) is 0.769. The van der Waals surface area contributed by atoms with Crippen molar-refractivity contribution in [3.05, 3.63) is 0 Å². The zero-order valence-electron chi connectivity index (χ0n) is 9.67. The summed E-state index contributed by atoms with van der Waals surface area (Å²) in [5, 5.41) is 0. The Kier molecular flexibility index (Phi) is 2.50. The number of ether oxygens (including phenoxy) is 1. The van der Waals surface area contributed by atoms with Gasteiger partial charge in [-0.1, -0.05) is 5.92 Å². The summed E-state index contributed by atoms with van der Waals surface area (Å²) in [5.41, 5.74) is -0.427. The van der Waals surface area contributed by atoms with E-state index in [1.165, 1.54) is 19.3 Å². The Bertz CT molecular complexity index is 317. The van der Waals surface area contributed by atoms with Gasteiger partial charge in [-0.05, 0) is 51.9 Å². The molecule has 0 aromatic heterocycles.